The predicted octanol–water partition coefficient (Wildman–Crippen LogP) is 3.81. The smallest absolute Gasteiger partial charge is 0.313 e. The van der Waals surface area contributed by atoms with Gasteiger partial charge in [0.2, 0.25) is 0 Å². The maximum absolute atomic E-state index is 13.1. The monoisotopic (exact) mass is 276 g/mol. The van der Waals surface area contributed by atoms with E-state index in [-0.39, 0.29) is 6.61 Å². The molecule has 0 saturated heterocycles. The summed E-state index contributed by atoms with van der Waals surface area (Å²) in [6.45, 7) is 1.76. The summed E-state index contributed by atoms with van der Waals surface area (Å²) in [7, 11) is 0. The van der Waals surface area contributed by atoms with Crippen LogP contribution in [-0.2, 0) is 16.1 Å². The van der Waals surface area contributed by atoms with E-state index >= 15 is 0 Å². The average molecular weight is 276 g/mol. The lowest BCUT2D eigenvalue weighted by molar-refractivity contribution is -0.146. The number of halogens is 2. The summed E-state index contributed by atoms with van der Waals surface area (Å²) in [5.74, 6) is -3.02. The molecule has 4 heteroatoms. The molecule has 0 saturated carbocycles. The van der Waals surface area contributed by atoms with E-state index in [4.69, 9.17) is 4.74 Å². The molecule has 0 N–H and O–H groups in total. The molecule has 0 aromatic heterocycles. The molecule has 2 rings (SSSR count). The lowest BCUT2D eigenvalue weighted by Gasteiger charge is -2.12. The molecular weight excluding hydrogens is 262 g/mol. The number of esters is 1. The molecule has 0 heterocycles. The van der Waals surface area contributed by atoms with Crippen molar-refractivity contribution >= 4 is 5.97 Å². The summed E-state index contributed by atoms with van der Waals surface area (Å²) in [4.78, 5) is 11.9. The Balaban J connectivity index is 1.99. The fourth-order valence-electron chi connectivity index (χ4n) is 1.77. The van der Waals surface area contributed by atoms with Crippen molar-refractivity contribution in [1.82, 2.24) is 0 Å². The van der Waals surface area contributed by atoms with Crippen LogP contribution in [0.2, 0.25) is 0 Å². The number of carbonyl (C=O) groups is 1. The largest absolute Gasteiger partial charge is 0.460 e. The van der Waals surface area contributed by atoms with Crippen molar-refractivity contribution < 1.29 is 18.3 Å². The molecule has 2 nitrogen and oxygen atoms in total. The molecule has 2 aromatic carbocycles. The van der Waals surface area contributed by atoms with Crippen LogP contribution in [0.1, 0.15) is 24.0 Å². The van der Waals surface area contributed by atoms with Gasteiger partial charge in [-0.2, -0.15) is 0 Å². The molecule has 0 spiro atoms. The van der Waals surface area contributed by atoms with Crippen LogP contribution in [-0.4, -0.2) is 5.97 Å². The van der Waals surface area contributed by atoms with Gasteiger partial charge in [-0.05, 0) is 30.2 Å². The summed E-state index contributed by atoms with van der Waals surface area (Å²) in [6.07, 6.45) is 0. The van der Waals surface area contributed by atoms with Crippen molar-refractivity contribution in [1.29, 1.82) is 0 Å². The minimum Gasteiger partial charge on any atom is -0.460 e. The van der Waals surface area contributed by atoms with Gasteiger partial charge in [0.25, 0.3) is 0 Å². The second kappa shape index (κ2) is 6.28. The lowest BCUT2D eigenvalue weighted by Crippen LogP contribution is -2.13. The first-order valence-electron chi connectivity index (χ1n) is 6.23. The summed E-state index contributed by atoms with van der Waals surface area (Å²) in [5.41, 5.74) is 1.26. The third-order valence-corrected chi connectivity index (χ3v) is 3.02. The topological polar surface area (TPSA) is 26.3 Å². The van der Waals surface area contributed by atoms with Crippen LogP contribution in [0.5, 0.6) is 0 Å². The quantitative estimate of drug-likeness (QED) is 0.794. The summed E-state index contributed by atoms with van der Waals surface area (Å²) >= 11 is 0. The van der Waals surface area contributed by atoms with Crippen molar-refractivity contribution in [2.45, 2.75) is 19.4 Å². The molecule has 0 unspecified atom stereocenters. The minimum absolute atomic E-state index is 0.160. The van der Waals surface area contributed by atoms with Crippen LogP contribution in [0.4, 0.5) is 8.78 Å². The van der Waals surface area contributed by atoms with Crippen LogP contribution in [0.15, 0.2) is 48.5 Å². The van der Waals surface area contributed by atoms with Gasteiger partial charge >= 0.3 is 5.97 Å². The van der Waals surface area contributed by atoms with Crippen LogP contribution in [0.3, 0.4) is 0 Å². The average Bonchev–Trinajstić information content (AvgIpc) is 2.48. The van der Waals surface area contributed by atoms with Gasteiger partial charge in [-0.1, -0.05) is 36.4 Å². The van der Waals surface area contributed by atoms with E-state index < -0.39 is 23.5 Å². The van der Waals surface area contributed by atoms with E-state index in [1.165, 1.54) is 6.07 Å². The highest BCUT2D eigenvalue weighted by atomic mass is 19.2. The van der Waals surface area contributed by atoms with Gasteiger partial charge in [0.1, 0.15) is 6.61 Å². The normalized spacial score (nSPS) is 11.9. The molecule has 0 aliphatic heterocycles. The maximum atomic E-state index is 13.1. The van der Waals surface area contributed by atoms with Gasteiger partial charge in [-0.15, -0.1) is 0 Å². The Hall–Kier alpha value is -2.23. The number of rotatable bonds is 4. The van der Waals surface area contributed by atoms with Crippen molar-refractivity contribution in [2.75, 3.05) is 0 Å². The molecule has 0 aliphatic rings. The van der Waals surface area contributed by atoms with E-state index in [0.717, 1.165) is 17.7 Å². The van der Waals surface area contributed by atoms with Gasteiger partial charge < -0.3 is 4.74 Å². The highest BCUT2D eigenvalue weighted by Crippen LogP contribution is 2.20. The van der Waals surface area contributed by atoms with E-state index in [1.54, 1.807) is 6.92 Å². The highest BCUT2D eigenvalue weighted by molar-refractivity contribution is 5.77. The van der Waals surface area contributed by atoms with E-state index in [0.29, 0.717) is 5.56 Å². The molecule has 0 amide bonds. The Morgan fingerprint density at radius 3 is 2.45 bits per heavy atom. The van der Waals surface area contributed by atoms with Crippen LogP contribution in [0.25, 0.3) is 0 Å². The number of hydrogen-bond acceptors (Lipinski definition) is 2. The number of carbonyl (C=O) groups excluding carboxylic acids is 1. The van der Waals surface area contributed by atoms with Crippen molar-refractivity contribution in [2.24, 2.45) is 0 Å². The molecule has 0 aliphatic carbocycles. The van der Waals surface area contributed by atoms with Crippen molar-refractivity contribution in [3.05, 3.63) is 71.3 Å². The van der Waals surface area contributed by atoms with Crippen molar-refractivity contribution in [3.63, 3.8) is 0 Å². The van der Waals surface area contributed by atoms with Gasteiger partial charge in [0, 0.05) is 0 Å². The first-order chi connectivity index (χ1) is 9.58. The SMILES string of the molecule is C[C@H](C(=O)OCc1ccccc1)c1ccc(F)c(F)c1. The fraction of sp³-hybridized carbons (Fsp3) is 0.188. The molecular formula is C16H14F2O2. The second-order valence-electron chi connectivity index (χ2n) is 4.49. The van der Waals surface area contributed by atoms with E-state index in [2.05, 4.69) is 0 Å². The Bertz CT molecular complexity index is 597. The molecule has 2 aromatic rings. The van der Waals surface area contributed by atoms with Gasteiger partial charge in [0.15, 0.2) is 11.6 Å². The standard InChI is InChI=1S/C16H14F2O2/c1-11(13-7-8-14(17)15(18)9-13)16(19)20-10-12-5-3-2-4-6-12/h2-9,11H,10H2,1H3/t11-/m0/s1. The summed E-state index contributed by atoms with van der Waals surface area (Å²) < 4.78 is 31.1. The van der Waals surface area contributed by atoms with Crippen LogP contribution in [0, 0.1) is 11.6 Å². The predicted molar refractivity (Wildman–Crippen MR) is 71.0 cm³/mol. The molecule has 104 valence electrons. The summed E-state index contributed by atoms with van der Waals surface area (Å²) in [6, 6.07) is 12.7. The number of ether oxygens (including phenoxy) is 1. The lowest BCUT2D eigenvalue weighted by atomic mass is 10.0. The molecule has 0 bridgehead atoms. The third-order valence-electron chi connectivity index (χ3n) is 3.02. The molecule has 0 fully saturated rings. The maximum Gasteiger partial charge on any atom is 0.313 e. The Labute approximate surface area is 116 Å². The van der Waals surface area contributed by atoms with E-state index in [1.807, 2.05) is 30.3 Å². The Kier molecular flexibility index (Phi) is 4.45. The second-order valence-corrected chi connectivity index (χ2v) is 4.49. The fourth-order valence-corrected chi connectivity index (χ4v) is 1.77. The molecule has 20 heavy (non-hydrogen) atoms. The highest BCUT2D eigenvalue weighted by Gasteiger charge is 2.18. The zero-order valence-electron chi connectivity index (χ0n) is 11.0. The third kappa shape index (κ3) is 3.41. The van der Waals surface area contributed by atoms with Crippen molar-refractivity contribution in [3.8, 4) is 0 Å². The zero-order valence-corrected chi connectivity index (χ0v) is 11.0. The van der Waals surface area contributed by atoms with Crippen LogP contribution >= 0.6 is 0 Å². The molecule has 1 atom stereocenters. The first kappa shape index (κ1) is 14.2. The molecule has 0 radical (unpaired) electrons. The van der Waals surface area contributed by atoms with Gasteiger partial charge in [-0.25, -0.2) is 8.78 Å². The van der Waals surface area contributed by atoms with Gasteiger partial charge in [0.05, 0.1) is 5.92 Å². The zero-order chi connectivity index (χ0) is 14.5. The van der Waals surface area contributed by atoms with E-state index in [9.17, 15) is 13.6 Å². The number of benzene rings is 2. The number of hydrogen-bond donors (Lipinski definition) is 0. The van der Waals surface area contributed by atoms with Crippen LogP contribution < -0.4 is 0 Å². The minimum atomic E-state index is -0.967. The first-order valence-corrected chi connectivity index (χ1v) is 6.23. The van der Waals surface area contributed by atoms with Gasteiger partial charge in [-0.3, -0.25) is 4.79 Å². The summed E-state index contributed by atoms with van der Waals surface area (Å²) in [5, 5.41) is 0. The Morgan fingerprint density at radius 1 is 1.10 bits per heavy atom. The Morgan fingerprint density at radius 2 is 1.80 bits per heavy atom.